The van der Waals surface area contributed by atoms with Gasteiger partial charge in [-0.1, -0.05) is 41.9 Å². The first-order valence-electron chi connectivity index (χ1n) is 6.08. The van der Waals surface area contributed by atoms with Crippen LogP contribution in [-0.2, 0) is 13.0 Å². The van der Waals surface area contributed by atoms with Gasteiger partial charge in [0.05, 0.1) is 16.2 Å². The summed E-state index contributed by atoms with van der Waals surface area (Å²) < 4.78 is 2.08. The zero-order chi connectivity index (χ0) is 12.1. The zero-order valence-electron chi connectivity index (χ0n) is 9.73. The quantitative estimate of drug-likeness (QED) is 0.595. The van der Waals surface area contributed by atoms with Gasteiger partial charge in [-0.2, -0.15) is 5.10 Å². The largest absolute Gasteiger partial charge is 0.263 e. The molecule has 2 heterocycles. The summed E-state index contributed by atoms with van der Waals surface area (Å²) in [7, 11) is 0. The van der Waals surface area contributed by atoms with Crippen LogP contribution in [-0.4, -0.2) is 9.78 Å². The number of hydrogen-bond donors (Lipinski definition) is 0. The molecular formula is C15H11ClN2. The average Bonchev–Trinajstić information content (AvgIpc) is 2.77. The van der Waals surface area contributed by atoms with Crippen molar-refractivity contribution in [1.29, 1.82) is 0 Å². The van der Waals surface area contributed by atoms with Gasteiger partial charge in [-0.25, -0.2) is 0 Å². The molecule has 88 valence electrons. The molecule has 4 rings (SSSR count). The lowest BCUT2D eigenvalue weighted by atomic mass is 9.96. The molecule has 0 spiro atoms. The van der Waals surface area contributed by atoms with Crippen LogP contribution in [0.25, 0.3) is 22.2 Å². The average molecular weight is 255 g/mol. The van der Waals surface area contributed by atoms with E-state index in [2.05, 4.69) is 34.0 Å². The van der Waals surface area contributed by atoms with Crippen LogP contribution in [0.4, 0.5) is 0 Å². The molecule has 1 aromatic heterocycles. The molecule has 3 aromatic rings. The van der Waals surface area contributed by atoms with Crippen LogP contribution in [0.1, 0.15) is 5.56 Å². The van der Waals surface area contributed by atoms with Crippen molar-refractivity contribution in [2.45, 2.75) is 13.0 Å². The number of aromatic nitrogens is 2. The Morgan fingerprint density at radius 3 is 2.89 bits per heavy atom. The lowest BCUT2D eigenvalue weighted by Gasteiger charge is -2.19. The van der Waals surface area contributed by atoms with Crippen LogP contribution >= 0.6 is 11.6 Å². The monoisotopic (exact) mass is 254 g/mol. The van der Waals surface area contributed by atoms with Gasteiger partial charge in [-0.05, 0) is 24.1 Å². The fraction of sp³-hybridized carbons (Fsp3) is 0.133. The second kappa shape index (κ2) is 3.59. The van der Waals surface area contributed by atoms with Gasteiger partial charge in [-0.15, -0.1) is 0 Å². The van der Waals surface area contributed by atoms with E-state index in [9.17, 15) is 0 Å². The van der Waals surface area contributed by atoms with Crippen molar-refractivity contribution in [2.24, 2.45) is 0 Å². The fourth-order valence-electron chi connectivity index (χ4n) is 2.77. The molecule has 0 amide bonds. The van der Waals surface area contributed by atoms with Crippen LogP contribution in [0, 0.1) is 0 Å². The summed E-state index contributed by atoms with van der Waals surface area (Å²) in [5, 5.41) is 6.66. The van der Waals surface area contributed by atoms with Gasteiger partial charge in [0.1, 0.15) is 0 Å². The Morgan fingerprint density at radius 2 is 1.94 bits per heavy atom. The minimum absolute atomic E-state index is 0.819. The summed E-state index contributed by atoms with van der Waals surface area (Å²) in [6.45, 7) is 0.928. The molecule has 0 atom stereocenters. The van der Waals surface area contributed by atoms with Gasteiger partial charge in [-0.3, -0.25) is 4.68 Å². The molecule has 0 radical (unpaired) electrons. The predicted octanol–water partition coefficient (Wildman–Crippen LogP) is 3.91. The highest BCUT2D eigenvalue weighted by atomic mass is 35.5. The highest BCUT2D eigenvalue weighted by Gasteiger charge is 2.22. The molecule has 18 heavy (non-hydrogen) atoms. The molecule has 0 fully saturated rings. The van der Waals surface area contributed by atoms with Gasteiger partial charge in [0.2, 0.25) is 0 Å². The van der Waals surface area contributed by atoms with Crippen LogP contribution in [0.5, 0.6) is 0 Å². The molecule has 0 saturated heterocycles. The van der Waals surface area contributed by atoms with Crippen LogP contribution in [0.15, 0.2) is 42.5 Å². The molecule has 0 aliphatic carbocycles. The SMILES string of the molecule is Clc1cccc2c1-c1c3ccccc3nn1CC2. The predicted molar refractivity (Wildman–Crippen MR) is 73.9 cm³/mol. The van der Waals surface area contributed by atoms with E-state index < -0.39 is 0 Å². The molecule has 0 saturated carbocycles. The van der Waals surface area contributed by atoms with Crippen molar-refractivity contribution in [1.82, 2.24) is 9.78 Å². The van der Waals surface area contributed by atoms with E-state index in [1.807, 2.05) is 18.2 Å². The summed E-state index contributed by atoms with van der Waals surface area (Å²) in [4.78, 5) is 0. The third-order valence-electron chi connectivity index (χ3n) is 3.58. The van der Waals surface area contributed by atoms with Crippen molar-refractivity contribution < 1.29 is 0 Å². The van der Waals surface area contributed by atoms with Gasteiger partial charge in [0.25, 0.3) is 0 Å². The van der Waals surface area contributed by atoms with Crippen LogP contribution in [0.3, 0.4) is 0 Å². The Hall–Kier alpha value is -1.80. The van der Waals surface area contributed by atoms with Gasteiger partial charge < -0.3 is 0 Å². The Balaban J connectivity index is 2.16. The lowest BCUT2D eigenvalue weighted by Crippen LogP contribution is -2.12. The minimum atomic E-state index is 0.819. The van der Waals surface area contributed by atoms with Crippen LogP contribution < -0.4 is 0 Å². The molecule has 1 aliphatic rings. The Kier molecular flexibility index (Phi) is 2.03. The summed E-state index contributed by atoms with van der Waals surface area (Å²) in [5.74, 6) is 0. The number of hydrogen-bond acceptors (Lipinski definition) is 1. The van der Waals surface area contributed by atoms with E-state index in [0.29, 0.717) is 0 Å². The molecule has 3 heteroatoms. The first-order valence-corrected chi connectivity index (χ1v) is 6.46. The molecule has 2 aromatic carbocycles. The number of aryl methyl sites for hydroxylation is 2. The maximum Gasteiger partial charge on any atom is 0.0930 e. The first-order chi connectivity index (χ1) is 8.84. The number of fused-ring (bicyclic) bond motifs is 5. The van der Waals surface area contributed by atoms with E-state index in [4.69, 9.17) is 11.6 Å². The van der Waals surface area contributed by atoms with Gasteiger partial charge in [0.15, 0.2) is 0 Å². The van der Waals surface area contributed by atoms with Crippen molar-refractivity contribution in [3.63, 3.8) is 0 Å². The molecule has 0 unspecified atom stereocenters. The second-order valence-corrected chi connectivity index (χ2v) is 5.02. The van der Waals surface area contributed by atoms with Gasteiger partial charge >= 0.3 is 0 Å². The first kappa shape index (κ1) is 10.2. The fourth-order valence-corrected chi connectivity index (χ4v) is 3.06. The Labute approximate surface area is 110 Å². The standard InChI is InChI=1S/C15H11ClN2/c16-12-6-3-4-10-8-9-18-15(14(10)12)11-5-1-2-7-13(11)17-18/h1-7H,8-9H2. The third kappa shape index (κ3) is 1.27. The van der Waals surface area contributed by atoms with E-state index in [1.165, 1.54) is 10.9 Å². The Morgan fingerprint density at radius 1 is 1.06 bits per heavy atom. The highest BCUT2D eigenvalue weighted by Crippen LogP contribution is 2.39. The second-order valence-electron chi connectivity index (χ2n) is 4.61. The number of rotatable bonds is 0. The summed E-state index contributed by atoms with van der Waals surface area (Å²) in [6.07, 6.45) is 0.997. The van der Waals surface area contributed by atoms with E-state index in [0.717, 1.165) is 34.8 Å². The molecule has 0 bridgehead atoms. The normalized spacial score (nSPS) is 13.4. The number of nitrogens with zero attached hydrogens (tertiary/aromatic N) is 2. The lowest BCUT2D eigenvalue weighted by molar-refractivity contribution is 0.613. The zero-order valence-corrected chi connectivity index (χ0v) is 10.5. The molecule has 1 aliphatic heterocycles. The summed E-state index contributed by atoms with van der Waals surface area (Å²) in [6, 6.07) is 14.4. The summed E-state index contributed by atoms with van der Waals surface area (Å²) in [5.41, 5.74) is 4.68. The van der Waals surface area contributed by atoms with Crippen molar-refractivity contribution in [2.75, 3.05) is 0 Å². The van der Waals surface area contributed by atoms with Crippen molar-refractivity contribution in [3.05, 3.63) is 53.1 Å². The topological polar surface area (TPSA) is 17.8 Å². The van der Waals surface area contributed by atoms with Gasteiger partial charge in [0, 0.05) is 17.5 Å². The van der Waals surface area contributed by atoms with Crippen molar-refractivity contribution in [3.8, 4) is 11.3 Å². The van der Waals surface area contributed by atoms with E-state index in [-0.39, 0.29) is 0 Å². The summed E-state index contributed by atoms with van der Waals surface area (Å²) >= 11 is 6.39. The van der Waals surface area contributed by atoms with E-state index in [1.54, 1.807) is 0 Å². The highest BCUT2D eigenvalue weighted by molar-refractivity contribution is 6.33. The smallest absolute Gasteiger partial charge is 0.0930 e. The Bertz CT molecular complexity index is 758. The van der Waals surface area contributed by atoms with Crippen molar-refractivity contribution >= 4 is 22.5 Å². The number of halogens is 1. The molecule has 0 N–H and O–H groups in total. The molecular weight excluding hydrogens is 244 g/mol. The molecule has 2 nitrogen and oxygen atoms in total. The maximum atomic E-state index is 6.39. The van der Waals surface area contributed by atoms with Crippen LogP contribution in [0.2, 0.25) is 5.02 Å². The third-order valence-corrected chi connectivity index (χ3v) is 3.89. The maximum absolute atomic E-state index is 6.39. The van der Waals surface area contributed by atoms with E-state index >= 15 is 0 Å². The number of benzene rings is 2. The minimum Gasteiger partial charge on any atom is -0.263 e.